The van der Waals surface area contributed by atoms with E-state index in [-0.39, 0.29) is 0 Å². The summed E-state index contributed by atoms with van der Waals surface area (Å²) in [5.74, 6) is -0.490. The highest BCUT2D eigenvalue weighted by molar-refractivity contribution is 5.29. The van der Waals surface area contributed by atoms with E-state index in [0.29, 0.717) is 5.69 Å². The molecule has 14 heavy (non-hydrogen) atoms. The summed E-state index contributed by atoms with van der Waals surface area (Å²) in [7, 11) is 0. The van der Waals surface area contributed by atoms with Crippen LogP contribution in [0.5, 0.6) is 0 Å². The Bertz CT molecular complexity index is 436. The van der Waals surface area contributed by atoms with Crippen molar-refractivity contribution < 1.29 is 4.39 Å². The molecule has 0 amide bonds. The van der Waals surface area contributed by atoms with Gasteiger partial charge in [-0.15, -0.1) is 0 Å². The highest BCUT2D eigenvalue weighted by atomic mass is 19.1. The summed E-state index contributed by atoms with van der Waals surface area (Å²) in [4.78, 5) is 3.48. The minimum absolute atomic E-state index is 0.490. The molecule has 0 fully saturated rings. The molecule has 2 rings (SSSR count). The number of hydrogen-bond donors (Lipinski definition) is 0. The lowest BCUT2D eigenvalue weighted by molar-refractivity contribution is 0.581. The first-order chi connectivity index (χ1) is 6.79. The molecular formula is C10H10FN3. The molecule has 0 saturated heterocycles. The van der Waals surface area contributed by atoms with E-state index in [1.807, 2.05) is 6.20 Å². The molecule has 0 aliphatic rings. The van der Waals surface area contributed by atoms with Crippen molar-refractivity contribution in [1.82, 2.24) is 14.8 Å². The van der Waals surface area contributed by atoms with Gasteiger partial charge in [0.15, 0.2) is 0 Å². The highest BCUT2D eigenvalue weighted by Crippen LogP contribution is 2.08. The number of aryl methyl sites for hydroxylation is 1. The van der Waals surface area contributed by atoms with Crippen molar-refractivity contribution in [3.05, 3.63) is 42.2 Å². The molecule has 2 aromatic heterocycles. The molecule has 0 bridgehead atoms. The Balaban J connectivity index is 2.39. The van der Waals surface area contributed by atoms with Gasteiger partial charge in [0.25, 0.3) is 0 Å². The molecule has 0 aliphatic heterocycles. The Hall–Kier alpha value is -1.71. The van der Waals surface area contributed by atoms with E-state index in [9.17, 15) is 4.39 Å². The molecule has 2 heterocycles. The second-order valence-electron chi connectivity index (χ2n) is 2.98. The summed E-state index contributed by atoms with van der Waals surface area (Å²) >= 11 is 0. The third-order valence-corrected chi connectivity index (χ3v) is 2.02. The smallest absolute Gasteiger partial charge is 0.214 e. The van der Waals surface area contributed by atoms with Crippen LogP contribution in [0.2, 0.25) is 0 Å². The van der Waals surface area contributed by atoms with E-state index in [1.54, 1.807) is 16.9 Å². The standard InChI is InChI=1S/C10H10FN3/c1-2-8-6-13-14(7-8)9-3-4-12-10(11)5-9/h3-7H,2H2,1H3. The van der Waals surface area contributed by atoms with Gasteiger partial charge in [-0.3, -0.25) is 0 Å². The lowest BCUT2D eigenvalue weighted by Crippen LogP contribution is -1.95. The first-order valence-corrected chi connectivity index (χ1v) is 4.45. The van der Waals surface area contributed by atoms with Crippen LogP contribution >= 0.6 is 0 Å². The Morgan fingerprint density at radius 2 is 2.36 bits per heavy atom. The van der Waals surface area contributed by atoms with Crippen LogP contribution in [0.3, 0.4) is 0 Å². The van der Waals surface area contributed by atoms with Crippen molar-refractivity contribution in [2.45, 2.75) is 13.3 Å². The average Bonchev–Trinajstić information content (AvgIpc) is 2.66. The van der Waals surface area contributed by atoms with Gasteiger partial charge < -0.3 is 0 Å². The molecular weight excluding hydrogens is 181 g/mol. The Kier molecular flexibility index (Phi) is 2.26. The molecule has 2 aromatic rings. The van der Waals surface area contributed by atoms with Crippen LogP contribution in [0.4, 0.5) is 4.39 Å². The van der Waals surface area contributed by atoms with Gasteiger partial charge in [-0.05, 0) is 18.1 Å². The third kappa shape index (κ3) is 1.64. The normalized spacial score (nSPS) is 10.4. The summed E-state index contributed by atoms with van der Waals surface area (Å²) in [5.41, 5.74) is 1.82. The maximum Gasteiger partial charge on any atom is 0.214 e. The number of rotatable bonds is 2. The van der Waals surface area contributed by atoms with E-state index in [0.717, 1.165) is 12.0 Å². The SMILES string of the molecule is CCc1cnn(-c2ccnc(F)c2)c1. The molecule has 72 valence electrons. The fourth-order valence-electron chi connectivity index (χ4n) is 1.22. The Morgan fingerprint density at radius 1 is 1.50 bits per heavy atom. The summed E-state index contributed by atoms with van der Waals surface area (Å²) in [6.45, 7) is 2.05. The number of aromatic nitrogens is 3. The monoisotopic (exact) mass is 191 g/mol. The number of halogens is 1. The van der Waals surface area contributed by atoms with Crippen LogP contribution in [0.15, 0.2) is 30.7 Å². The van der Waals surface area contributed by atoms with Gasteiger partial charge in [0, 0.05) is 18.5 Å². The van der Waals surface area contributed by atoms with E-state index >= 15 is 0 Å². The topological polar surface area (TPSA) is 30.7 Å². The maximum absolute atomic E-state index is 12.8. The van der Waals surface area contributed by atoms with Crippen LogP contribution in [-0.4, -0.2) is 14.8 Å². The van der Waals surface area contributed by atoms with Crippen molar-refractivity contribution in [2.75, 3.05) is 0 Å². The summed E-state index contributed by atoms with van der Waals surface area (Å²) in [6, 6.07) is 3.07. The lowest BCUT2D eigenvalue weighted by atomic mass is 10.3. The number of pyridine rings is 1. The first kappa shape index (κ1) is 8.87. The van der Waals surface area contributed by atoms with E-state index in [4.69, 9.17) is 0 Å². The zero-order valence-corrected chi connectivity index (χ0v) is 7.81. The maximum atomic E-state index is 12.8. The molecule has 0 aliphatic carbocycles. The van der Waals surface area contributed by atoms with Gasteiger partial charge in [0.05, 0.1) is 11.9 Å². The zero-order chi connectivity index (χ0) is 9.97. The third-order valence-electron chi connectivity index (χ3n) is 2.02. The van der Waals surface area contributed by atoms with Crippen molar-refractivity contribution in [1.29, 1.82) is 0 Å². The summed E-state index contributed by atoms with van der Waals surface area (Å²) in [6.07, 6.45) is 6.01. The van der Waals surface area contributed by atoms with Gasteiger partial charge in [0.1, 0.15) is 0 Å². The number of nitrogens with zero attached hydrogens (tertiary/aromatic N) is 3. The van der Waals surface area contributed by atoms with Crippen LogP contribution in [0.25, 0.3) is 5.69 Å². The predicted molar refractivity (Wildman–Crippen MR) is 50.7 cm³/mol. The summed E-state index contributed by atoms with van der Waals surface area (Å²) in [5, 5.41) is 4.12. The molecule has 0 radical (unpaired) electrons. The second kappa shape index (κ2) is 3.57. The van der Waals surface area contributed by atoms with Gasteiger partial charge in [0.2, 0.25) is 5.95 Å². The largest absolute Gasteiger partial charge is 0.240 e. The fraction of sp³-hybridized carbons (Fsp3) is 0.200. The van der Waals surface area contributed by atoms with Crippen molar-refractivity contribution in [2.24, 2.45) is 0 Å². The molecule has 0 aromatic carbocycles. The highest BCUT2D eigenvalue weighted by Gasteiger charge is 2.00. The van der Waals surface area contributed by atoms with Gasteiger partial charge in [-0.1, -0.05) is 6.92 Å². The van der Waals surface area contributed by atoms with Gasteiger partial charge in [-0.2, -0.15) is 9.49 Å². The predicted octanol–water partition coefficient (Wildman–Crippen LogP) is 1.97. The molecule has 3 nitrogen and oxygen atoms in total. The molecule has 4 heteroatoms. The Labute approximate surface area is 81.2 Å². The van der Waals surface area contributed by atoms with Crippen LogP contribution in [0.1, 0.15) is 12.5 Å². The lowest BCUT2D eigenvalue weighted by Gasteiger charge is -1.99. The van der Waals surface area contributed by atoms with Gasteiger partial charge in [-0.25, -0.2) is 9.67 Å². The molecule has 0 atom stereocenters. The van der Waals surface area contributed by atoms with Crippen molar-refractivity contribution >= 4 is 0 Å². The average molecular weight is 191 g/mol. The van der Waals surface area contributed by atoms with Crippen molar-refractivity contribution in [3.8, 4) is 5.69 Å². The van der Waals surface area contributed by atoms with E-state index in [1.165, 1.54) is 12.3 Å². The van der Waals surface area contributed by atoms with Crippen LogP contribution in [0, 0.1) is 5.95 Å². The quantitative estimate of drug-likeness (QED) is 0.679. The van der Waals surface area contributed by atoms with E-state index in [2.05, 4.69) is 17.0 Å². The fourth-order valence-corrected chi connectivity index (χ4v) is 1.22. The van der Waals surface area contributed by atoms with Crippen LogP contribution in [-0.2, 0) is 6.42 Å². The molecule has 0 spiro atoms. The van der Waals surface area contributed by atoms with Crippen molar-refractivity contribution in [3.63, 3.8) is 0 Å². The zero-order valence-electron chi connectivity index (χ0n) is 7.81. The molecule has 0 saturated carbocycles. The molecule has 0 unspecified atom stereocenters. The second-order valence-corrected chi connectivity index (χ2v) is 2.98. The first-order valence-electron chi connectivity index (χ1n) is 4.45. The minimum atomic E-state index is -0.490. The Morgan fingerprint density at radius 3 is 3.00 bits per heavy atom. The van der Waals surface area contributed by atoms with Crippen LogP contribution < -0.4 is 0 Å². The van der Waals surface area contributed by atoms with Gasteiger partial charge >= 0.3 is 0 Å². The summed E-state index contributed by atoms with van der Waals surface area (Å²) < 4.78 is 14.4. The van der Waals surface area contributed by atoms with E-state index < -0.39 is 5.95 Å². The number of hydrogen-bond acceptors (Lipinski definition) is 2. The minimum Gasteiger partial charge on any atom is -0.240 e. The molecule has 0 N–H and O–H groups in total.